The van der Waals surface area contributed by atoms with Crippen LogP contribution < -0.4 is 0 Å². The zero-order valence-electron chi connectivity index (χ0n) is 9.16. The van der Waals surface area contributed by atoms with Crippen LogP contribution in [0, 0.1) is 6.92 Å². The van der Waals surface area contributed by atoms with Gasteiger partial charge in [-0.25, -0.2) is 4.98 Å². The fraction of sp³-hybridized carbons (Fsp3) is 0.636. The maximum atomic E-state index is 10.8. The highest BCUT2D eigenvalue weighted by Crippen LogP contribution is 2.27. The number of nitrogens with zero attached hydrogens (tertiary/aromatic N) is 2. The first kappa shape index (κ1) is 10.2. The molecule has 1 aliphatic rings. The Labute approximate surface area is 88.9 Å². The minimum absolute atomic E-state index is 0.0865. The summed E-state index contributed by atoms with van der Waals surface area (Å²) < 4.78 is 2.12. The first-order valence-corrected chi connectivity index (χ1v) is 5.38. The summed E-state index contributed by atoms with van der Waals surface area (Å²) >= 11 is 0. The van der Waals surface area contributed by atoms with Gasteiger partial charge >= 0.3 is 5.97 Å². The number of rotatable bonds is 2. The van der Waals surface area contributed by atoms with Crippen molar-refractivity contribution in [3.05, 3.63) is 17.2 Å². The molecule has 1 atom stereocenters. The van der Waals surface area contributed by atoms with Gasteiger partial charge in [0.15, 0.2) is 0 Å². The van der Waals surface area contributed by atoms with E-state index in [1.165, 1.54) is 0 Å². The molecular formula is C11H16N2O2. The van der Waals surface area contributed by atoms with E-state index in [2.05, 4.69) is 16.5 Å². The molecule has 1 aromatic rings. The van der Waals surface area contributed by atoms with Gasteiger partial charge in [-0.15, -0.1) is 0 Å². The Morgan fingerprint density at radius 1 is 1.67 bits per heavy atom. The summed E-state index contributed by atoms with van der Waals surface area (Å²) in [6.07, 6.45) is 3.34. The van der Waals surface area contributed by atoms with Crippen molar-refractivity contribution >= 4 is 5.97 Å². The topological polar surface area (TPSA) is 55.1 Å². The summed E-state index contributed by atoms with van der Waals surface area (Å²) in [6, 6.07) is 0.393. The van der Waals surface area contributed by atoms with Gasteiger partial charge in [0.05, 0.1) is 17.8 Å². The molecule has 0 aliphatic carbocycles. The van der Waals surface area contributed by atoms with E-state index < -0.39 is 5.97 Å². The number of hydrogen-bond donors (Lipinski definition) is 1. The lowest BCUT2D eigenvalue weighted by molar-refractivity contribution is -0.136. The summed E-state index contributed by atoms with van der Waals surface area (Å²) in [4.78, 5) is 15.2. The predicted octanol–water partition coefficient (Wildman–Crippen LogP) is 1.72. The van der Waals surface area contributed by atoms with Gasteiger partial charge in [0.1, 0.15) is 5.82 Å². The van der Waals surface area contributed by atoms with E-state index in [9.17, 15) is 4.79 Å². The Morgan fingerprint density at radius 2 is 2.40 bits per heavy atom. The van der Waals surface area contributed by atoms with E-state index in [1.807, 2.05) is 6.92 Å². The SMILES string of the molecule is Cc1nc2n(c1CC(=O)O)C(C)CCC2. The van der Waals surface area contributed by atoms with Crippen molar-refractivity contribution in [1.29, 1.82) is 0 Å². The van der Waals surface area contributed by atoms with Crippen LogP contribution >= 0.6 is 0 Å². The maximum absolute atomic E-state index is 10.8. The lowest BCUT2D eigenvalue weighted by Gasteiger charge is -2.23. The maximum Gasteiger partial charge on any atom is 0.309 e. The highest BCUT2D eigenvalue weighted by molar-refractivity contribution is 5.70. The molecule has 1 aliphatic heterocycles. The normalized spacial score (nSPS) is 20.0. The van der Waals surface area contributed by atoms with Gasteiger partial charge in [-0.05, 0) is 26.7 Å². The van der Waals surface area contributed by atoms with Crippen LogP contribution in [0.5, 0.6) is 0 Å². The van der Waals surface area contributed by atoms with E-state index in [0.717, 1.165) is 36.5 Å². The molecule has 1 N–H and O–H groups in total. The quantitative estimate of drug-likeness (QED) is 0.805. The monoisotopic (exact) mass is 208 g/mol. The Balaban J connectivity index is 2.44. The average Bonchev–Trinajstić information content (AvgIpc) is 2.43. The van der Waals surface area contributed by atoms with Crippen molar-refractivity contribution in [2.24, 2.45) is 0 Å². The molecule has 0 saturated heterocycles. The summed E-state index contributed by atoms with van der Waals surface area (Å²) in [6.45, 7) is 4.03. The molecule has 0 amide bonds. The average molecular weight is 208 g/mol. The molecule has 1 aromatic heterocycles. The molecule has 4 heteroatoms. The number of aryl methyl sites for hydroxylation is 2. The zero-order chi connectivity index (χ0) is 11.0. The van der Waals surface area contributed by atoms with Gasteiger partial charge in [0.25, 0.3) is 0 Å². The molecule has 0 saturated carbocycles. The minimum atomic E-state index is -0.779. The molecule has 82 valence electrons. The van der Waals surface area contributed by atoms with Crippen LogP contribution in [-0.2, 0) is 17.6 Å². The fourth-order valence-electron chi connectivity index (χ4n) is 2.38. The van der Waals surface area contributed by atoms with Crippen LogP contribution in [0.25, 0.3) is 0 Å². The molecule has 0 radical (unpaired) electrons. The Morgan fingerprint density at radius 3 is 3.07 bits per heavy atom. The fourth-order valence-corrected chi connectivity index (χ4v) is 2.38. The largest absolute Gasteiger partial charge is 0.481 e. The number of hydrogen-bond acceptors (Lipinski definition) is 2. The standard InChI is InChI=1S/C11H16N2O2/c1-7-4-3-5-10-12-8(2)9(13(7)10)6-11(14)15/h7H,3-6H2,1-2H3,(H,14,15). The van der Waals surface area contributed by atoms with E-state index in [-0.39, 0.29) is 6.42 Å². The second kappa shape index (κ2) is 3.68. The van der Waals surface area contributed by atoms with Crippen LogP contribution in [0.2, 0.25) is 0 Å². The summed E-state index contributed by atoms with van der Waals surface area (Å²) in [7, 11) is 0. The number of carboxylic acid groups (broad SMARTS) is 1. The molecule has 0 aromatic carbocycles. The predicted molar refractivity (Wildman–Crippen MR) is 56.0 cm³/mol. The number of aromatic nitrogens is 2. The van der Waals surface area contributed by atoms with Gasteiger partial charge in [0, 0.05) is 12.5 Å². The Kier molecular flexibility index (Phi) is 2.50. The third-order valence-corrected chi connectivity index (χ3v) is 3.06. The summed E-state index contributed by atoms with van der Waals surface area (Å²) in [5, 5.41) is 8.86. The molecule has 2 heterocycles. The summed E-state index contributed by atoms with van der Waals surface area (Å²) in [5.74, 6) is 0.279. The van der Waals surface area contributed by atoms with Crippen LogP contribution in [0.4, 0.5) is 0 Å². The third-order valence-electron chi connectivity index (χ3n) is 3.06. The number of carbonyl (C=O) groups is 1. The highest BCUT2D eigenvalue weighted by atomic mass is 16.4. The van der Waals surface area contributed by atoms with E-state index in [0.29, 0.717) is 6.04 Å². The van der Waals surface area contributed by atoms with Crippen molar-refractivity contribution in [2.45, 2.75) is 45.6 Å². The number of fused-ring (bicyclic) bond motifs is 1. The zero-order valence-corrected chi connectivity index (χ0v) is 9.16. The van der Waals surface area contributed by atoms with Gasteiger partial charge in [-0.1, -0.05) is 0 Å². The minimum Gasteiger partial charge on any atom is -0.481 e. The first-order valence-electron chi connectivity index (χ1n) is 5.38. The van der Waals surface area contributed by atoms with Crippen LogP contribution in [0.3, 0.4) is 0 Å². The van der Waals surface area contributed by atoms with Crippen molar-refractivity contribution in [1.82, 2.24) is 9.55 Å². The molecule has 1 unspecified atom stereocenters. The van der Waals surface area contributed by atoms with Crippen LogP contribution in [0.1, 0.15) is 43.0 Å². The highest BCUT2D eigenvalue weighted by Gasteiger charge is 2.23. The number of imidazole rings is 1. The van der Waals surface area contributed by atoms with Crippen LogP contribution in [0.15, 0.2) is 0 Å². The third kappa shape index (κ3) is 1.76. The molecule has 0 fully saturated rings. The van der Waals surface area contributed by atoms with Crippen molar-refractivity contribution in [3.63, 3.8) is 0 Å². The number of aliphatic carboxylic acids is 1. The van der Waals surface area contributed by atoms with Crippen molar-refractivity contribution in [3.8, 4) is 0 Å². The van der Waals surface area contributed by atoms with Crippen molar-refractivity contribution < 1.29 is 9.90 Å². The van der Waals surface area contributed by atoms with E-state index >= 15 is 0 Å². The molecule has 0 bridgehead atoms. The smallest absolute Gasteiger partial charge is 0.309 e. The lowest BCUT2D eigenvalue weighted by Crippen LogP contribution is -2.19. The molecular weight excluding hydrogens is 192 g/mol. The van der Waals surface area contributed by atoms with Gasteiger partial charge < -0.3 is 9.67 Å². The number of carboxylic acids is 1. The second-order valence-corrected chi connectivity index (χ2v) is 4.24. The lowest BCUT2D eigenvalue weighted by atomic mass is 10.1. The first-order chi connectivity index (χ1) is 7.09. The van der Waals surface area contributed by atoms with Gasteiger partial charge in [-0.3, -0.25) is 4.79 Å². The van der Waals surface area contributed by atoms with Gasteiger partial charge in [-0.2, -0.15) is 0 Å². The molecule has 2 rings (SSSR count). The Bertz CT molecular complexity index is 396. The van der Waals surface area contributed by atoms with Crippen molar-refractivity contribution in [2.75, 3.05) is 0 Å². The molecule has 0 spiro atoms. The Hall–Kier alpha value is -1.32. The van der Waals surface area contributed by atoms with Gasteiger partial charge in [0.2, 0.25) is 0 Å². The second-order valence-electron chi connectivity index (χ2n) is 4.24. The van der Waals surface area contributed by atoms with E-state index in [1.54, 1.807) is 0 Å². The molecule has 4 nitrogen and oxygen atoms in total. The summed E-state index contributed by atoms with van der Waals surface area (Å²) in [5.41, 5.74) is 1.76. The van der Waals surface area contributed by atoms with Crippen LogP contribution in [-0.4, -0.2) is 20.6 Å². The molecule has 15 heavy (non-hydrogen) atoms. The van der Waals surface area contributed by atoms with E-state index in [4.69, 9.17) is 5.11 Å².